The molecule has 2 aromatic rings. The molecule has 22 heavy (non-hydrogen) atoms. The molecule has 0 heterocycles. The molecule has 0 aromatic heterocycles. The summed E-state index contributed by atoms with van der Waals surface area (Å²) in [7, 11) is 6.89. The molecule has 0 aliphatic rings. The third-order valence-corrected chi connectivity index (χ3v) is 3.42. The van der Waals surface area contributed by atoms with Crippen molar-refractivity contribution in [1.29, 1.82) is 0 Å². The monoisotopic (exact) mass is 300 g/mol. The van der Waals surface area contributed by atoms with Gasteiger partial charge in [0.1, 0.15) is 11.5 Å². The molecule has 116 valence electrons. The average Bonchev–Trinajstić information content (AvgIpc) is 2.53. The van der Waals surface area contributed by atoms with E-state index in [9.17, 15) is 4.79 Å². The molecular formula is C17H20N2O3. The van der Waals surface area contributed by atoms with E-state index < -0.39 is 0 Å². The smallest absolute Gasteiger partial charge is 0.196 e. The Labute approximate surface area is 130 Å². The van der Waals surface area contributed by atoms with Crippen LogP contribution in [-0.2, 0) is 0 Å². The van der Waals surface area contributed by atoms with Crippen molar-refractivity contribution in [3.05, 3.63) is 47.5 Å². The van der Waals surface area contributed by atoms with Gasteiger partial charge in [-0.15, -0.1) is 0 Å². The maximum atomic E-state index is 12.7. The van der Waals surface area contributed by atoms with Gasteiger partial charge in [0, 0.05) is 19.7 Å². The molecule has 5 heteroatoms. The molecule has 5 nitrogen and oxygen atoms in total. The summed E-state index contributed by atoms with van der Waals surface area (Å²) in [5.74, 6) is 0.941. The molecule has 2 N–H and O–H groups in total. The summed E-state index contributed by atoms with van der Waals surface area (Å²) in [5, 5.41) is 0. The predicted molar refractivity (Wildman–Crippen MR) is 88.2 cm³/mol. The fourth-order valence-electron chi connectivity index (χ4n) is 2.25. The summed E-state index contributed by atoms with van der Waals surface area (Å²) in [6.07, 6.45) is 0. The zero-order chi connectivity index (χ0) is 16.3. The topological polar surface area (TPSA) is 64.8 Å². The highest BCUT2D eigenvalue weighted by atomic mass is 16.5. The highest BCUT2D eigenvalue weighted by molar-refractivity contribution is 6.11. The molecule has 0 fully saturated rings. The lowest BCUT2D eigenvalue weighted by molar-refractivity contribution is 0.103. The Morgan fingerprint density at radius 2 is 1.77 bits per heavy atom. The van der Waals surface area contributed by atoms with Gasteiger partial charge in [-0.2, -0.15) is 0 Å². The normalized spacial score (nSPS) is 10.2. The predicted octanol–water partition coefficient (Wildman–Crippen LogP) is 2.58. The van der Waals surface area contributed by atoms with E-state index in [1.807, 2.05) is 25.1 Å². The SMILES string of the molecule is COc1ccc(OC)c(C(=O)c2ccc(N(C)C)c(N)c2)c1. The number of hydrogen-bond acceptors (Lipinski definition) is 5. The first-order chi connectivity index (χ1) is 10.5. The zero-order valence-electron chi connectivity index (χ0n) is 13.2. The first-order valence-electron chi connectivity index (χ1n) is 6.81. The van der Waals surface area contributed by atoms with Gasteiger partial charge in [-0.3, -0.25) is 4.79 Å². The Bertz CT molecular complexity index is 696. The van der Waals surface area contributed by atoms with Crippen LogP contribution in [-0.4, -0.2) is 34.1 Å². The lowest BCUT2D eigenvalue weighted by Crippen LogP contribution is -2.12. The number of anilines is 2. The standard InChI is InChI=1S/C17H20N2O3/c1-19(2)15-7-5-11(9-14(15)18)17(20)13-10-12(21-3)6-8-16(13)22-4/h5-10H,18H2,1-4H3. The van der Waals surface area contributed by atoms with Gasteiger partial charge in [0.2, 0.25) is 0 Å². The number of methoxy groups -OCH3 is 2. The van der Waals surface area contributed by atoms with Gasteiger partial charge in [-0.1, -0.05) is 0 Å². The van der Waals surface area contributed by atoms with Gasteiger partial charge in [0.25, 0.3) is 0 Å². The van der Waals surface area contributed by atoms with Gasteiger partial charge in [0.15, 0.2) is 5.78 Å². The van der Waals surface area contributed by atoms with Gasteiger partial charge >= 0.3 is 0 Å². The van der Waals surface area contributed by atoms with Gasteiger partial charge in [0.05, 0.1) is 31.2 Å². The summed E-state index contributed by atoms with van der Waals surface area (Å²) < 4.78 is 10.4. The number of ketones is 1. The van der Waals surface area contributed by atoms with Crippen LogP contribution in [0.2, 0.25) is 0 Å². The Kier molecular flexibility index (Phi) is 4.56. The Morgan fingerprint density at radius 3 is 2.32 bits per heavy atom. The molecule has 0 saturated heterocycles. The van der Waals surface area contributed by atoms with Crippen molar-refractivity contribution < 1.29 is 14.3 Å². The maximum absolute atomic E-state index is 12.7. The maximum Gasteiger partial charge on any atom is 0.196 e. The average molecular weight is 300 g/mol. The molecule has 0 unspecified atom stereocenters. The number of nitrogens with two attached hydrogens (primary N) is 1. The minimum absolute atomic E-state index is 0.159. The molecule has 0 aliphatic carbocycles. The Hall–Kier alpha value is -2.69. The van der Waals surface area contributed by atoms with Crippen molar-refractivity contribution in [3.63, 3.8) is 0 Å². The molecule has 0 spiro atoms. The van der Waals surface area contributed by atoms with Crippen LogP contribution >= 0.6 is 0 Å². The number of ether oxygens (including phenoxy) is 2. The third-order valence-electron chi connectivity index (χ3n) is 3.42. The lowest BCUT2D eigenvalue weighted by Gasteiger charge is -2.16. The lowest BCUT2D eigenvalue weighted by atomic mass is 10.0. The van der Waals surface area contributed by atoms with Crippen LogP contribution in [0.25, 0.3) is 0 Å². The van der Waals surface area contributed by atoms with E-state index in [1.165, 1.54) is 7.11 Å². The second-order valence-corrected chi connectivity index (χ2v) is 5.06. The van der Waals surface area contributed by atoms with Gasteiger partial charge < -0.3 is 20.1 Å². The van der Waals surface area contributed by atoms with Crippen LogP contribution in [0.1, 0.15) is 15.9 Å². The highest BCUT2D eigenvalue weighted by Gasteiger charge is 2.17. The molecule has 2 aromatic carbocycles. The minimum Gasteiger partial charge on any atom is -0.497 e. The van der Waals surface area contributed by atoms with Crippen molar-refractivity contribution in [1.82, 2.24) is 0 Å². The number of carbonyl (C=O) groups is 1. The summed E-state index contributed by atoms with van der Waals surface area (Å²) in [4.78, 5) is 14.6. The highest BCUT2D eigenvalue weighted by Crippen LogP contribution is 2.29. The van der Waals surface area contributed by atoms with Crippen LogP contribution in [0.4, 0.5) is 11.4 Å². The van der Waals surface area contributed by atoms with Crippen LogP contribution in [0.3, 0.4) is 0 Å². The molecule has 0 amide bonds. The van der Waals surface area contributed by atoms with Crippen molar-refractivity contribution in [2.75, 3.05) is 38.9 Å². The fraction of sp³-hybridized carbons (Fsp3) is 0.235. The number of rotatable bonds is 5. The van der Waals surface area contributed by atoms with E-state index >= 15 is 0 Å². The third kappa shape index (κ3) is 2.98. The van der Waals surface area contributed by atoms with Crippen LogP contribution < -0.4 is 20.1 Å². The van der Waals surface area contributed by atoms with E-state index in [1.54, 1.807) is 37.4 Å². The zero-order valence-corrected chi connectivity index (χ0v) is 13.2. The number of nitrogens with zero attached hydrogens (tertiary/aromatic N) is 1. The molecular weight excluding hydrogens is 280 g/mol. The first kappa shape index (κ1) is 15.7. The number of benzene rings is 2. The van der Waals surface area contributed by atoms with Crippen LogP contribution in [0.5, 0.6) is 11.5 Å². The van der Waals surface area contributed by atoms with Crippen molar-refractivity contribution in [3.8, 4) is 11.5 Å². The first-order valence-corrected chi connectivity index (χ1v) is 6.81. The fourth-order valence-corrected chi connectivity index (χ4v) is 2.25. The van der Waals surface area contributed by atoms with E-state index in [2.05, 4.69) is 0 Å². The van der Waals surface area contributed by atoms with E-state index in [0.717, 1.165) is 5.69 Å². The largest absolute Gasteiger partial charge is 0.497 e. The summed E-state index contributed by atoms with van der Waals surface area (Å²) in [6, 6.07) is 10.4. The van der Waals surface area contributed by atoms with Crippen LogP contribution in [0.15, 0.2) is 36.4 Å². The molecule has 0 bridgehead atoms. The van der Waals surface area contributed by atoms with E-state index in [-0.39, 0.29) is 5.78 Å². The Morgan fingerprint density at radius 1 is 1.05 bits per heavy atom. The van der Waals surface area contributed by atoms with Crippen molar-refractivity contribution in [2.24, 2.45) is 0 Å². The number of nitrogen functional groups attached to an aromatic ring is 1. The summed E-state index contributed by atoms with van der Waals surface area (Å²) in [6.45, 7) is 0. The summed E-state index contributed by atoms with van der Waals surface area (Å²) in [5.41, 5.74) is 8.39. The minimum atomic E-state index is -0.159. The van der Waals surface area contributed by atoms with Crippen LogP contribution in [0, 0.1) is 0 Å². The molecule has 0 saturated carbocycles. The molecule has 2 rings (SSSR count). The second-order valence-electron chi connectivity index (χ2n) is 5.06. The van der Waals surface area contributed by atoms with E-state index in [0.29, 0.717) is 28.3 Å². The van der Waals surface area contributed by atoms with E-state index in [4.69, 9.17) is 15.2 Å². The van der Waals surface area contributed by atoms with Gasteiger partial charge in [-0.25, -0.2) is 0 Å². The van der Waals surface area contributed by atoms with Gasteiger partial charge in [-0.05, 0) is 36.4 Å². The Balaban J connectivity index is 2.46. The summed E-state index contributed by atoms with van der Waals surface area (Å²) >= 11 is 0. The molecule has 0 radical (unpaired) electrons. The molecule has 0 atom stereocenters. The molecule has 0 aliphatic heterocycles. The number of hydrogen-bond donors (Lipinski definition) is 1. The quantitative estimate of drug-likeness (QED) is 0.679. The van der Waals surface area contributed by atoms with Crippen molar-refractivity contribution >= 4 is 17.2 Å². The second kappa shape index (κ2) is 6.39. The number of carbonyl (C=O) groups excluding carboxylic acids is 1. The van der Waals surface area contributed by atoms with Crippen molar-refractivity contribution in [2.45, 2.75) is 0 Å².